The van der Waals surface area contributed by atoms with Crippen molar-refractivity contribution in [2.45, 2.75) is 0 Å². The first-order valence-corrected chi connectivity index (χ1v) is 7.78. The molecular weight excluding hydrogens is 360 g/mol. The smallest absolute Gasteiger partial charge is 0.153 e. The lowest BCUT2D eigenvalue weighted by Crippen LogP contribution is -1.94. The van der Waals surface area contributed by atoms with Gasteiger partial charge in [-0.2, -0.15) is 5.10 Å². The molecule has 100 valence electrons. The van der Waals surface area contributed by atoms with E-state index in [0.717, 1.165) is 21.3 Å². The SMILES string of the molecule is O=Cc1cn(-c2cccc(Cl)c2)nc1-c1sccc1Br. The Balaban J connectivity index is 2.14. The van der Waals surface area contributed by atoms with Gasteiger partial charge in [-0.15, -0.1) is 11.3 Å². The number of carbonyl (C=O) groups is 1. The molecule has 3 rings (SSSR count). The van der Waals surface area contributed by atoms with Crippen LogP contribution in [0.2, 0.25) is 5.02 Å². The standard InChI is InChI=1S/C14H8BrClN2OS/c15-12-4-5-20-14(12)13-9(8-19)7-18(17-13)11-3-1-2-10(16)6-11/h1-8H. The lowest BCUT2D eigenvalue weighted by molar-refractivity contribution is 0.112. The molecule has 20 heavy (non-hydrogen) atoms. The highest BCUT2D eigenvalue weighted by atomic mass is 79.9. The van der Waals surface area contributed by atoms with Gasteiger partial charge < -0.3 is 0 Å². The first-order chi connectivity index (χ1) is 9.69. The zero-order valence-corrected chi connectivity index (χ0v) is 13.2. The fraction of sp³-hybridized carbons (Fsp3) is 0. The van der Waals surface area contributed by atoms with E-state index in [9.17, 15) is 4.79 Å². The number of rotatable bonds is 3. The van der Waals surface area contributed by atoms with Crippen molar-refractivity contribution in [3.8, 4) is 16.3 Å². The summed E-state index contributed by atoms with van der Waals surface area (Å²) in [6, 6.07) is 9.27. The first-order valence-electron chi connectivity index (χ1n) is 5.73. The quantitative estimate of drug-likeness (QED) is 0.622. The molecule has 0 aliphatic carbocycles. The Bertz CT molecular complexity index is 781. The van der Waals surface area contributed by atoms with Crippen molar-refractivity contribution in [2.24, 2.45) is 0 Å². The van der Waals surface area contributed by atoms with Gasteiger partial charge in [-0.05, 0) is 45.6 Å². The highest BCUT2D eigenvalue weighted by Gasteiger charge is 2.15. The minimum absolute atomic E-state index is 0.549. The summed E-state index contributed by atoms with van der Waals surface area (Å²) < 4.78 is 2.60. The molecule has 2 aromatic heterocycles. The largest absolute Gasteiger partial charge is 0.298 e. The monoisotopic (exact) mass is 366 g/mol. The summed E-state index contributed by atoms with van der Waals surface area (Å²) in [5.41, 5.74) is 2.04. The molecule has 0 unspecified atom stereocenters. The third kappa shape index (κ3) is 2.44. The number of hydrogen-bond donors (Lipinski definition) is 0. The predicted molar refractivity (Wildman–Crippen MR) is 85.0 cm³/mol. The van der Waals surface area contributed by atoms with Crippen LogP contribution in [0.4, 0.5) is 0 Å². The fourth-order valence-corrected chi connectivity index (χ4v) is 3.61. The number of nitrogens with zero attached hydrogens (tertiary/aromatic N) is 2. The van der Waals surface area contributed by atoms with E-state index in [-0.39, 0.29) is 0 Å². The summed E-state index contributed by atoms with van der Waals surface area (Å²) in [4.78, 5) is 12.2. The second-order valence-corrected chi connectivity index (χ2v) is 6.28. The third-order valence-electron chi connectivity index (χ3n) is 2.77. The normalized spacial score (nSPS) is 10.7. The number of halogens is 2. The van der Waals surface area contributed by atoms with Gasteiger partial charge in [-0.1, -0.05) is 17.7 Å². The van der Waals surface area contributed by atoms with Gasteiger partial charge in [0, 0.05) is 15.7 Å². The Morgan fingerprint density at radius 1 is 1.35 bits per heavy atom. The van der Waals surface area contributed by atoms with E-state index in [1.807, 2.05) is 23.6 Å². The average Bonchev–Trinajstić information content (AvgIpc) is 3.04. The molecule has 3 aromatic rings. The maximum atomic E-state index is 11.3. The second kappa shape index (κ2) is 5.52. The summed E-state index contributed by atoms with van der Waals surface area (Å²) in [7, 11) is 0. The Labute approximate surface area is 132 Å². The molecule has 0 N–H and O–H groups in total. The van der Waals surface area contributed by atoms with E-state index in [1.165, 1.54) is 11.3 Å². The molecular formula is C14H8BrClN2OS. The number of aromatic nitrogens is 2. The Kier molecular flexibility index (Phi) is 3.74. The summed E-state index contributed by atoms with van der Waals surface area (Å²) in [5.74, 6) is 0. The molecule has 1 aromatic carbocycles. The molecule has 2 heterocycles. The van der Waals surface area contributed by atoms with Crippen LogP contribution in [0.1, 0.15) is 10.4 Å². The van der Waals surface area contributed by atoms with Crippen molar-refractivity contribution in [3.05, 3.63) is 57.0 Å². The summed E-state index contributed by atoms with van der Waals surface area (Å²) in [6.45, 7) is 0. The van der Waals surface area contributed by atoms with Crippen molar-refractivity contribution in [3.63, 3.8) is 0 Å². The van der Waals surface area contributed by atoms with Crippen molar-refractivity contribution in [1.82, 2.24) is 9.78 Å². The minimum Gasteiger partial charge on any atom is -0.298 e. The zero-order valence-electron chi connectivity index (χ0n) is 10.1. The summed E-state index contributed by atoms with van der Waals surface area (Å²) >= 11 is 11.0. The molecule has 0 amide bonds. The van der Waals surface area contributed by atoms with Crippen molar-refractivity contribution < 1.29 is 4.79 Å². The van der Waals surface area contributed by atoms with Crippen LogP contribution in [0.5, 0.6) is 0 Å². The van der Waals surface area contributed by atoms with Gasteiger partial charge in [0.15, 0.2) is 6.29 Å². The van der Waals surface area contributed by atoms with Crippen LogP contribution in [-0.4, -0.2) is 16.1 Å². The molecule has 0 atom stereocenters. The van der Waals surface area contributed by atoms with Crippen molar-refractivity contribution >= 4 is 45.2 Å². The van der Waals surface area contributed by atoms with E-state index in [2.05, 4.69) is 21.0 Å². The lowest BCUT2D eigenvalue weighted by atomic mass is 10.2. The predicted octanol–water partition coefficient (Wildman–Crippen LogP) is 4.83. The first kappa shape index (κ1) is 13.5. The molecule has 0 spiro atoms. The third-order valence-corrected chi connectivity index (χ3v) is 4.85. The van der Waals surface area contributed by atoms with E-state index < -0.39 is 0 Å². The number of benzene rings is 1. The Morgan fingerprint density at radius 3 is 2.85 bits per heavy atom. The van der Waals surface area contributed by atoms with Gasteiger partial charge in [0.05, 0.1) is 16.1 Å². The number of carbonyl (C=O) groups excluding carboxylic acids is 1. The number of hydrogen-bond acceptors (Lipinski definition) is 3. The van der Waals surface area contributed by atoms with Crippen LogP contribution in [0, 0.1) is 0 Å². The highest BCUT2D eigenvalue weighted by Crippen LogP contribution is 2.34. The van der Waals surface area contributed by atoms with Crippen LogP contribution in [-0.2, 0) is 0 Å². The summed E-state index contributed by atoms with van der Waals surface area (Å²) in [5, 5.41) is 7.08. The van der Waals surface area contributed by atoms with Crippen molar-refractivity contribution in [2.75, 3.05) is 0 Å². The average molecular weight is 368 g/mol. The number of thiophene rings is 1. The van der Waals surface area contributed by atoms with Gasteiger partial charge in [-0.25, -0.2) is 4.68 Å². The van der Waals surface area contributed by atoms with Crippen LogP contribution < -0.4 is 0 Å². The molecule has 0 aliphatic heterocycles. The second-order valence-electron chi connectivity index (χ2n) is 4.07. The maximum absolute atomic E-state index is 11.3. The van der Waals surface area contributed by atoms with E-state index >= 15 is 0 Å². The fourth-order valence-electron chi connectivity index (χ4n) is 1.86. The molecule has 0 saturated heterocycles. The molecule has 0 radical (unpaired) electrons. The molecule has 0 bridgehead atoms. The van der Waals surface area contributed by atoms with Gasteiger partial charge in [0.2, 0.25) is 0 Å². The topological polar surface area (TPSA) is 34.9 Å². The lowest BCUT2D eigenvalue weighted by Gasteiger charge is -2.01. The molecule has 0 fully saturated rings. The Hall–Kier alpha value is -1.43. The highest BCUT2D eigenvalue weighted by molar-refractivity contribution is 9.10. The maximum Gasteiger partial charge on any atom is 0.153 e. The molecule has 0 saturated carbocycles. The van der Waals surface area contributed by atoms with Gasteiger partial charge in [0.1, 0.15) is 5.69 Å². The summed E-state index contributed by atoms with van der Waals surface area (Å²) in [6.07, 6.45) is 2.52. The van der Waals surface area contributed by atoms with E-state index in [1.54, 1.807) is 23.0 Å². The van der Waals surface area contributed by atoms with Crippen LogP contribution >= 0.6 is 38.9 Å². The van der Waals surface area contributed by atoms with Crippen LogP contribution in [0.15, 0.2) is 46.4 Å². The van der Waals surface area contributed by atoms with Crippen LogP contribution in [0.3, 0.4) is 0 Å². The van der Waals surface area contributed by atoms with E-state index in [4.69, 9.17) is 11.6 Å². The van der Waals surface area contributed by atoms with Gasteiger partial charge in [0.25, 0.3) is 0 Å². The Morgan fingerprint density at radius 2 is 2.20 bits per heavy atom. The van der Waals surface area contributed by atoms with Crippen LogP contribution in [0.25, 0.3) is 16.3 Å². The molecule has 3 nitrogen and oxygen atoms in total. The molecule has 6 heteroatoms. The van der Waals surface area contributed by atoms with Gasteiger partial charge in [-0.3, -0.25) is 4.79 Å². The zero-order chi connectivity index (χ0) is 14.1. The number of aldehydes is 1. The van der Waals surface area contributed by atoms with Crippen molar-refractivity contribution in [1.29, 1.82) is 0 Å². The van der Waals surface area contributed by atoms with Gasteiger partial charge >= 0.3 is 0 Å². The minimum atomic E-state index is 0.549. The van der Waals surface area contributed by atoms with E-state index in [0.29, 0.717) is 16.3 Å². The molecule has 0 aliphatic rings.